The van der Waals surface area contributed by atoms with E-state index < -0.39 is 147 Å². The van der Waals surface area contributed by atoms with E-state index in [-0.39, 0.29) is 61.2 Å². The van der Waals surface area contributed by atoms with Crippen molar-refractivity contribution in [2.75, 3.05) is 13.2 Å². The van der Waals surface area contributed by atoms with Gasteiger partial charge in [0.05, 0.1) is 18.8 Å². The number of phosphoric ester groups is 1. The van der Waals surface area contributed by atoms with Gasteiger partial charge in [-0.15, -0.1) is 0 Å². The summed E-state index contributed by atoms with van der Waals surface area (Å²) in [5, 5.41) is 57.3. The number of carboxylic acids is 1. The van der Waals surface area contributed by atoms with Crippen molar-refractivity contribution in [3.63, 3.8) is 0 Å². The third-order valence-corrected chi connectivity index (χ3v) is 12.2. The third kappa shape index (κ3) is 23.6. The number of hydrogen-bond donors (Lipinski definition) is 17. The first-order valence-corrected chi connectivity index (χ1v) is 25.8. The molecule has 0 spiro atoms. The lowest BCUT2D eigenvalue weighted by Crippen LogP contribution is -2.62. The molecule has 21 N–H and O–H groups in total. The van der Waals surface area contributed by atoms with Gasteiger partial charge in [-0.25, -0.2) is 9.36 Å². The molecular formula is C47H73N12O17P. The van der Waals surface area contributed by atoms with Crippen molar-refractivity contribution in [3.05, 3.63) is 59.7 Å². The number of nitrogens with one attached hydrogen (secondary N) is 7. The van der Waals surface area contributed by atoms with Crippen LogP contribution in [-0.4, -0.2) is 157 Å². The van der Waals surface area contributed by atoms with Crippen molar-refractivity contribution < 1.29 is 82.5 Å². The number of aliphatic carboxylic acids is 1. The van der Waals surface area contributed by atoms with Gasteiger partial charge in [-0.2, -0.15) is 0 Å². The zero-order valence-electron chi connectivity index (χ0n) is 43.2. The summed E-state index contributed by atoms with van der Waals surface area (Å²) >= 11 is 0. The Morgan fingerprint density at radius 2 is 1.09 bits per heavy atom. The van der Waals surface area contributed by atoms with Gasteiger partial charge in [-0.3, -0.25) is 53.1 Å². The van der Waals surface area contributed by atoms with Crippen molar-refractivity contribution in [1.29, 1.82) is 0 Å². The number of primary amides is 1. The zero-order valence-corrected chi connectivity index (χ0v) is 44.1. The molecule has 0 heterocycles. The molecule has 0 bridgehead atoms. The fourth-order valence-corrected chi connectivity index (χ4v) is 7.51. The molecule has 2 rings (SSSR count). The predicted molar refractivity (Wildman–Crippen MR) is 275 cm³/mol. The van der Waals surface area contributed by atoms with Gasteiger partial charge in [0, 0.05) is 25.8 Å². The van der Waals surface area contributed by atoms with E-state index in [2.05, 4.69) is 46.7 Å². The lowest BCUT2D eigenvalue weighted by Gasteiger charge is -2.30. The maximum absolute atomic E-state index is 14.5. The Balaban J connectivity index is 2.53. The fourth-order valence-electron chi connectivity index (χ4n) is 7.11. The van der Waals surface area contributed by atoms with Crippen LogP contribution < -0.4 is 64.7 Å². The van der Waals surface area contributed by atoms with E-state index in [9.17, 15) is 77.9 Å². The quantitative estimate of drug-likeness (QED) is 0.0140. The molecule has 2 aromatic carbocycles. The number of amides is 8. The smallest absolute Gasteiger partial charge is 0.508 e. The number of aliphatic hydroxyl groups is 2. The number of benzene rings is 2. The first-order chi connectivity index (χ1) is 36.0. The molecule has 0 unspecified atom stereocenters. The summed E-state index contributed by atoms with van der Waals surface area (Å²) in [7, 11) is -5.00. The van der Waals surface area contributed by atoms with Crippen LogP contribution in [0.5, 0.6) is 11.5 Å². The van der Waals surface area contributed by atoms with Crippen LogP contribution in [0.1, 0.15) is 77.8 Å². The van der Waals surface area contributed by atoms with Crippen molar-refractivity contribution in [1.82, 2.24) is 37.2 Å². The number of hydrogen-bond acceptors (Lipinski definition) is 16. The van der Waals surface area contributed by atoms with Crippen LogP contribution >= 0.6 is 7.82 Å². The van der Waals surface area contributed by atoms with Gasteiger partial charge >= 0.3 is 13.8 Å². The fraction of sp³-hybridized carbons (Fsp3) is 0.532. The number of carbonyl (C=O) groups excluding carboxylic acids is 8. The van der Waals surface area contributed by atoms with Crippen LogP contribution in [0.2, 0.25) is 0 Å². The Bertz CT molecular complexity index is 2420. The molecule has 8 amide bonds. The topological polar surface area (TPSA) is 502 Å². The van der Waals surface area contributed by atoms with Gasteiger partial charge in [0.1, 0.15) is 53.8 Å². The number of aromatic hydroxyl groups is 1. The first-order valence-electron chi connectivity index (χ1n) is 24.3. The molecule has 30 heteroatoms. The molecule has 0 radical (unpaired) electrons. The van der Waals surface area contributed by atoms with Gasteiger partial charge in [0.25, 0.3) is 0 Å². The number of phosphoric acid groups is 1. The van der Waals surface area contributed by atoms with E-state index in [0.717, 1.165) is 19.1 Å². The third-order valence-electron chi connectivity index (χ3n) is 11.8. The maximum Gasteiger partial charge on any atom is 0.524 e. The Labute approximate surface area is 443 Å². The number of guanidine groups is 1. The Hall–Kier alpha value is -7.43. The van der Waals surface area contributed by atoms with E-state index in [1.807, 2.05) is 0 Å². The summed E-state index contributed by atoms with van der Waals surface area (Å²) in [6.45, 7) is 6.65. The van der Waals surface area contributed by atoms with Crippen LogP contribution in [-0.2, 0) is 60.6 Å². The van der Waals surface area contributed by atoms with Crippen LogP contribution in [0.15, 0.2) is 53.5 Å². The monoisotopic (exact) mass is 1110 g/mol. The van der Waals surface area contributed by atoms with Gasteiger partial charge < -0.3 is 85.1 Å². The molecule has 0 aliphatic rings. The van der Waals surface area contributed by atoms with Crippen LogP contribution in [0.25, 0.3) is 0 Å². The summed E-state index contributed by atoms with van der Waals surface area (Å²) in [6.07, 6.45) is -3.12. The number of aliphatic hydroxyl groups excluding tert-OH is 2. The maximum atomic E-state index is 14.5. The second-order valence-electron chi connectivity index (χ2n) is 18.4. The van der Waals surface area contributed by atoms with Crippen LogP contribution in [0.3, 0.4) is 0 Å². The minimum atomic E-state index is -5.00. The first kappa shape index (κ1) is 65.7. The number of carbonyl (C=O) groups is 9. The number of phenolic OH excluding ortho intramolecular Hbond substituents is 1. The molecule has 0 saturated heterocycles. The number of nitrogens with zero attached hydrogens (tertiary/aromatic N) is 1. The van der Waals surface area contributed by atoms with E-state index in [1.165, 1.54) is 36.4 Å². The zero-order chi connectivity index (χ0) is 58.3. The van der Waals surface area contributed by atoms with Crippen molar-refractivity contribution in [2.45, 2.75) is 134 Å². The van der Waals surface area contributed by atoms with Crippen molar-refractivity contribution in [2.24, 2.45) is 39.8 Å². The standard InChI is InChI=1S/C47H73N12O17P/c1-6-24(4)37(44(69)53-30(17-18-35(48)63)39(64)57-34(22-60)42(67)54-31(46(71)72)8-7-19-52-47(50)51)58-40(65)33(21-27-11-15-29(16-12-27)76-77(73,74)75)56-45(70)38(25(5)61)59-41(66)32(55-43(68)36(49)23(2)3)20-26-9-13-28(62)14-10-26/h9-16,23-25,30-34,36-38,60-62H,6-8,17-22,49H2,1-5H3,(H2,48,63)(H,53,69)(H,54,67)(H,55,68)(H,56,70)(H,57,64)(H,58,65)(H,59,66)(H,71,72)(H4,50,51,52)(H2,73,74,75)/t24-,25+,30-,31-,32-,33-,34-,36-,37-,38-/m0/s1. The average Bonchev–Trinajstić information content (AvgIpc) is 3.35. The molecule has 0 aromatic heterocycles. The lowest BCUT2D eigenvalue weighted by molar-refractivity contribution is -0.142. The molecule has 0 fully saturated rings. The molecule has 29 nitrogen and oxygen atoms in total. The summed E-state index contributed by atoms with van der Waals surface area (Å²) in [6, 6.07) is -1.97. The van der Waals surface area contributed by atoms with Gasteiger partial charge in [-0.1, -0.05) is 58.4 Å². The Kier molecular flexibility index (Phi) is 26.9. The second-order valence-corrected chi connectivity index (χ2v) is 19.6. The number of rotatable bonds is 33. The molecule has 77 heavy (non-hydrogen) atoms. The summed E-state index contributed by atoms with van der Waals surface area (Å²) in [4.78, 5) is 143. The van der Waals surface area contributed by atoms with Gasteiger partial charge in [-0.05, 0) is 73.4 Å². The second kappa shape index (κ2) is 31.6. The van der Waals surface area contributed by atoms with Crippen LogP contribution in [0.4, 0.5) is 0 Å². The van der Waals surface area contributed by atoms with Crippen molar-refractivity contribution >= 4 is 67.0 Å². The molecule has 10 atom stereocenters. The normalized spacial score (nSPS) is 15.2. The summed E-state index contributed by atoms with van der Waals surface area (Å²) < 4.78 is 16.1. The summed E-state index contributed by atoms with van der Waals surface area (Å²) in [5.74, 6) is -11.3. The van der Waals surface area contributed by atoms with E-state index in [0.29, 0.717) is 5.56 Å². The largest absolute Gasteiger partial charge is 0.524 e. The number of carboxylic acid groups (broad SMARTS) is 1. The minimum Gasteiger partial charge on any atom is -0.508 e. The van der Waals surface area contributed by atoms with Crippen molar-refractivity contribution in [3.8, 4) is 11.5 Å². The lowest BCUT2D eigenvalue weighted by atomic mass is 9.96. The van der Waals surface area contributed by atoms with Crippen LogP contribution in [0, 0.1) is 11.8 Å². The number of phenols is 1. The molecule has 0 aliphatic carbocycles. The average molecular weight is 1110 g/mol. The Morgan fingerprint density at radius 3 is 1.56 bits per heavy atom. The highest BCUT2D eigenvalue weighted by Crippen LogP contribution is 2.37. The van der Waals surface area contributed by atoms with E-state index in [4.69, 9.17) is 22.9 Å². The van der Waals surface area contributed by atoms with Gasteiger partial charge in [0.2, 0.25) is 47.3 Å². The van der Waals surface area contributed by atoms with E-state index >= 15 is 0 Å². The number of aliphatic imine (C=N–C) groups is 1. The van der Waals surface area contributed by atoms with E-state index in [1.54, 1.807) is 27.7 Å². The predicted octanol–water partition coefficient (Wildman–Crippen LogP) is -4.15. The highest BCUT2D eigenvalue weighted by molar-refractivity contribution is 7.46. The number of nitrogens with two attached hydrogens (primary N) is 4. The highest BCUT2D eigenvalue weighted by atomic mass is 31.2. The Morgan fingerprint density at radius 1 is 0.636 bits per heavy atom. The highest BCUT2D eigenvalue weighted by Gasteiger charge is 2.37. The van der Waals surface area contributed by atoms with Gasteiger partial charge in [0.15, 0.2) is 5.96 Å². The molecular weight excluding hydrogens is 1040 g/mol. The summed E-state index contributed by atoms with van der Waals surface area (Å²) in [5.41, 5.74) is 22.7. The molecule has 428 valence electrons. The SMILES string of the molecule is CC[C@H](C)[C@H](NC(=O)[C@H](Cc1ccc(OP(=O)(O)O)cc1)NC(=O)[C@@H](NC(=O)[C@H](Cc1ccc(O)cc1)NC(=O)[C@@H](N)C(C)C)[C@@H](C)O)C(=O)N[C@@H](CCC(N)=O)C(=O)N[C@@H](CO)C(=O)N[C@@H](CCCN=C(N)N)C(=O)O. The molecule has 2 aromatic rings. The molecule has 0 aliphatic heterocycles. The minimum absolute atomic E-state index is 0.0245. The molecule has 0 saturated carbocycles.